The molecule has 0 radical (unpaired) electrons. The van der Waals surface area contributed by atoms with Crippen LogP contribution in [0.5, 0.6) is 0 Å². The number of hydrogen-bond donors (Lipinski definition) is 1. The molecule has 1 aliphatic heterocycles. The highest BCUT2D eigenvalue weighted by atomic mass is 16.6. The first-order valence-corrected chi connectivity index (χ1v) is 8.73. The van der Waals surface area contributed by atoms with E-state index in [9.17, 15) is 9.90 Å². The third-order valence-electron chi connectivity index (χ3n) is 4.79. The van der Waals surface area contributed by atoms with Crippen molar-refractivity contribution in [3.63, 3.8) is 0 Å². The maximum absolute atomic E-state index is 12.7. The zero-order chi connectivity index (χ0) is 17.9. The second-order valence-corrected chi connectivity index (χ2v) is 8.17. The van der Waals surface area contributed by atoms with E-state index in [0.717, 1.165) is 12.0 Å². The van der Waals surface area contributed by atoms with Gasteiger partial charge in [0.2, 0.25) is 0 Å². The number of aliphatic hydroxyl groups excluding tert-OH is 1. The largest absolute Gasteiger partial charge is 0.461 e. The smallest absolute Gasteiger partial charge is 0.310 e. The minimum Gasteiger partial charge on any atom is -0.461 e. The lowest BCUT2D eigenvalue weighted by Crippen LogP contribution is -2.50. The van der Waals surface area contributed by atoms with Crippen LogP contribution < -0.4 is 0 Å². The highest BCUT2D eigenvalue weighted by Gasteiger charge is 2.46. The van der Waals surface area contributed by atoms with Gasteiger partial charge in [-0.25, -0.2) is 0 Å². The SMILES string of the molecule is CC1[C@@H](C(=O)OCc2ccccc2)[C@H](C)C(CC(C)(C)C)O[C@@H]1O. The molecule has 24 heavy (non-hydrogen) atoms. The summed E-state index contributed by atoms with van der Waals surface area (Å²) >= 11 is 0. The number of carbonyl (C=O) groups is 1. The molecule has 4 nitrogen and oxygen atoms in total. The van der Waals surface area contributed by atoms with E-state index in [0.29, 0.717) is 0 Å². The second kappa shape index (κ2) is 7.66. The Bertz CT molecular complexity index is 534. The quantitative estimate of drug-likeness (QED) is 0.852. The molecular formula is C20H30O4. The van der Waals surface area contributed by atoms with E-state index in [1.165, 1.54) is 0 Å². The van der Waals surface area contributed by atoms with Crippen molar-refractivity contribution in [2.24, 2.45) is 23.2 Å². The van der Waals surface area contributed by atoms with Crippen LogP contribution in [0.1, 0.15) is 46.6 Å². The van der Waals surface area contributed by atoms with E-state index >= 15 is 0 Å². The predicted molar refractivity (Wildman–Crippen MR) is 93.0 cm³/mol. The van der Waals surface area contributed by atoms with Gasteiger partial charge in [-0.15, -0.1) is 0 Å². The molecule has 1 N–H and O–H groups in total. The van der Waals surface area contributed by atoms with Crippen molar-refractivity contribution >= 4 is 5.97 Å². The first-order chi connectivity index (χ1) is 11.2. The number of esters is 1. The molecule has 1 fully saturated rings. The topological polar surface area (TPSA) is 55.8 Å². The van der Waals surface area contributed by atoms with E-state index < -0.39 is 6.29 Å². The molecule has 1 aliphatic rings. The van der Waals surface area contributed by atoms with E-state index in [1.54, 1.807) is 0 Å². The highest BCUT2D eigenvalue weighted by molar-refractivity contribution is 5.73. The zero-order valence-electron chi connectivity index (χ0n) is 15.4. The van der Waals surface area contributed by atoms with Gasteiger partial charge in [0, 0.05) is 5.92 Å². The summed E-state index contributed by atoms with van der Waals surface area (Å²) in [5.41, 5.74) is 1.03. The molecule has 1 heterocycles. The standard InChI is InChI=1S/C20H30O4/c1-13-16(11-20(3,4)5)24-18(21)14(2)17(13)19(22)23-12-15-9-7-6-8-10-15/h6-10,13-14,16-18,21H,11-12H2,1-5H3/t13-,14?,16?,17+,18+/m1/s1. The fraction of sp³-hybridized carbons (Fsp3) is 0.650. The Hall–Kier alpha value is -1.39. The molecule has 2 unspecified atom stereocenters. The van der Waals surface area contributed by atoms with Gasteiger partial charge in [0.25, 0.3) is 0 Å². The Kier molecular flexibility index (Phi) is 6.05. The zero-order valence-corrected chi connectivity index (χ0v) is 15.4. The predicted octanol–water partition coefficient (Wildman–Crippen LogP) is 3.77. The van der Waals surface area contributed by atoms with Crippen LogP contribution >= 0.6 is 0 Å². The number of benzene rings is 1. The molecule has 134 valence electrons. The molecule has 1 aromatic rings. The average Bonchev–Trinajstić information content (AvgIpc) is 2.50. The maximum atomic E-state index is 12.7. The molecule has 5 atom stereocenters. The Balaban J connectivity index is 2.05. The van der Waals surface area contributed by atoms with E-state index in [-0.39, 0.29) is 41.8 Å². The molecular weight excluding hydrogens is 304 g/mol. The molecule has 0 spiro atoms. The second-order valence-electron chi connectivity index (χ2n) is 8.17. The van der Waals surface area contributed by atoms with Gasteiger partial charge in [0.1, 0.15) is 6.61 Å². The minimum atomic E-state index is -0.928. The van der Waals surface area contributed by atoms with Gasteiger partial charge in [-0.3, -0.25) is 4.79 Å². The van der Waals surface area contributed by atoms with Crippen molar-refractivity contribution in [2.75, 3.05) is 0 Å². The van der Waals surface area contributed by atoms with E-state index in [4.69, 9.17) is 9.47 Å². The Morgan fingerprint density at radius 2 is 1.79 bits per heavy atom. The summed E-state index contributed by atoms with van der Waals surface area (Å²) in [6.07, 6.45) is -0.284. The Morgan fingerprint density at radius 1 is 1.17 bits per heavy atom. The number of aliphatic hydroxyl groups is 1. The van der Waals surface area contributed by atoms with Crippen LogP contribution in [0.25, 0.3) is 0 Å². The van der Waals surface area contributed by atoms with Gasteiger partial charge in [-0.2, -0.15) is 0 Å². The van der Waals surface area contributed by atoms with Gasteiger partial charge in [-0.1, -0.05) is 65.0 Å². The molecule has 4 heteroatoms. The van der Waals surface area contributed by atoms with Crippen molar-refractivity contribution in [1.29, 1.82) is 0 Å². The van der Waals surface area contributed by atoms with Crippen molar-refractivity contribution < 1.29 is 19.4 Å². The van der Waals surface area contributed by atoms with Gasteiger partial charge in [0.05, 0.1) is 12.0 Å². The van der Waals surface area contributed by atoms with Crippen molar-refractivity contribution in [3.05, 3.63) is 35.9 Å². The Morgan fingerprint density at radius 3 is 2.38 bits per heavy atom. The molecule has 0 amide bonds. The first-order valence-electron chi connectivity index (χ1n) is 8.73. The molecule has 0 aromatic heterocycles. The maximum Gasteiger partial charge on any atom is 0.310 e. The fourth-order valence-electron chi connectivity index (χ4n) is 3.41. The highest BCUT2D eigenvalue weighted by Crippen LogP contribution is 2.39. The number of rotatable bonds is 4. The van der Waals surface area contributed by atoms with Crippen LogP contribution in [0.15, 0.2) is 30.3 Å². The summed E-state index contributed by atoms with van der Waals surface area (Å²) in [7, 11) is 0. The third-order valence-corrected chi connectivity index (χ3v) is 4.79. The normalized spacial score (nSPS) is 30.8. The average molecular weight is 334 g/mol. The van der Waals surface area contributed by atoms with Crippen LogP contribution in [0, 0.1) is 23.2 Å². The lowest BCUT2D eigenvalue weighted by Gasteiger charge is -2.43. The molecule has 0 bridgehead atoms. The minimum absolute atomic E-state index is 0.00546. The summed E-state index contributed by atoms with van der Waals surface area (Å²) < 4.78 is 11.3. The van der Waals surface area contributed by atoms with Crippen molar-refractivity contribution in [3.8, 4) is 0 Å². The van der Waals surface area contributed by atoms with Crippen LogP contribution in [-0.4, -0.2) is 23.5 Å². The van der Waals surface area contributed by atoms with E-state index in [2.05, 4.69) is 20.8 Å². The van der Waals surface area contributed by atoms with Crippen LogP contribution in [0.3, 0.4) is 0 Å². The fourth-order valence-corrected chi connectivity index (χ4v) is 3.41. The number of hydrogen-bond acceptors (Lipinski definition) is 4. The summed E-state index contributed by atoms with van der Waals surface area (Å²) in [4.78, 5) is 12.7. The first kappa shape index (κ1) is 18.9. The lowest BCUT2D eigenvalue weighted by molar-refractivity contribution is -0.237. The van der Waals surface area contributed by atoms with Crippen molar-refractivity contribution in [1.82, 2.24) is 0 Å². The summed E-state index contributed by atoms with van der Waals surface area (Å²) in [6.45, 7) is 10.5. The van der Waals surface area contributed by atoms with Gasteiger partial charge in [-0.05, 0) is 23.3 Å². The number of carbonyl (C=O) groups excluding carboxylic acids is 1. The lowest BCUT2D eigenvalue weighted by atomic mass is 9.73. The van der Waals surface area contributed by atoms with Gasteiger partial charge >= 0.3 is 5.97 Å². The summed E-state index contributed by atoms with van der Waals surface area (Å²) in [6, 6.07) is 9.64. The van der Waals surface area contributed by atoms with Gasteiger partial charge in [0.15, 0.2) is 6.29 Å². The van der Waals surface area contributed by atoms with Crippen LogP contribution in [0.4, 0.5) is 0 Å². The Labute approximate surface area is 145 Å². The molecule has 1 saturated heterocycles. The van der Waals surface area contributed by atoms with Crippen LogP contribution in [0.2, 0.25) is 0 Å². The molecule has 0 aliphatic carbocycles. The monoisotopic (exact) mass is 334 g/mol. The number of ether oxygens (including phenoxy) is 2. The van der Waals surface area contributed by atoms with Gasteiger partial charge < -0.3 is 14.6 Å². The van der Waals surface area contributed by atoms with Crippen molar-refractivity contribution in [2.45, 2.75) is 60.0 Å². The summed E-state index contributed by atoms with van der Waals surface area (Å²) in [5, 5.41) is 10.2. The third kappa shape index (κ3) is 4.81. The molecule has 1 aromatic carbocycles. The molecule has 0 saturated carbocycles. The van der Waals surface area contributed by atoms with Crippen LogP contribution in [-0.2, 0) is 20.9 Å². The van der Waals surface area contributed by atoms with E-state index in [1.807, 2.05) is 44.2 Å². The summed E-state index contributed by atoms with van der Waals surface area (Å²) in [5.74, 6) is -0.879. The molecule has 2 rings (SSSR count).